The molecule has 4 heteroatoms. The normalized spacial score (nSPS) is 12.2. The second kappa shape index (κ2) is 7.01. The molecule has 0 radical (unpaired) electrons. The van der Waals surface area contributed by atoms with E-state index in [-0.39, 0.29) is 6.04 Å². The van der Waals surface area contributed by atoms with E-state index in [4.69, 9.17) is 4.74 Å². The summed E-state index contributed by atoms with van der Waals surface area (Å²) in [5.74, 6) is 0.890. The number of hydrogen-bond acceptors (Lipinski definition) is 4. The maximum Gasteiger partial charge on any atom is 0.119 e. The fourth-order valence-corrected chi connectivity index (χ4v) is 2.07. The Hall–Kier alpha value is -1.94. The number of aryl methyl sites for hydroxylation is 1. The minimum absolute atomic E-state index is 0.0591. The monoisotopic (exact) mass is 271 g/mol. The van der Waals surface area contributed by atoms with Gasteiger partial charge in [-0.3, -0.25) is 9.97 Å². The lowest BCUT2D eigenvalue weighted by molar-refractivity contribution is 0.340. The first kappa shape index (κ1) is 14.5. The summed E-state index contributed by atoms with van der Waals surface area (Å²) in [5.41, 5.74) is 3.02. The lowest BCUT2D eigenvalue weighted by atomic mass is 10.0. The van der Waals surface area contributed by atoms with Crippen molar-refractivity contribution >= 4 is 0 Å². The molecule has 1 aromatic carbocycles. The maximum atomic E-state index is 5.47. The van der Waals surface area contributed by atoms with Gasteiger partial charge in [0.1, 0.15) is 5.75 Å². The molecule has 20 heavy (non-hydrogen) atoms. The highest BCUT2D eigenvalue weighted by molar-refractivity contribution is 5.32. The summed E-state index contributed by atoms with van der Waals surface area (Å²) in [7, 11) is 0. The van der Waals surface area contributed by atoms with E-state index >= 15 is 0 Å². The number of rotatable bonds is 6. The SMILES string of the molecule is CCNC(c1ccc(OCC)cc1)c1cnc(C)cn1. The molecule has 0 spiro atoms. The van der Waals surface area contributed by atoms with Gasteiger partial charge in [0.2, 0.25) is 0 Å². The van der Waals surface area contributed by atoms with Gasteiger partial charge in [0.05, 0.1) is 30.2 Å². The van der Waals surface area contributed by atoms with Gasteiger partial charge >= 0.3 is 0 Å². The number of nitrogens with zero attached hydrogens (tertiary/aromatic N) is 2. The minimum atomic E-state index is 0.0591. The Morgan fingerprint density at radius 1 is 1.10 bits per heavy atom. The Kier molecular flexibility index (Phi) is 5.07. The van der Waals surface area contributed by atoms with Crippen molar-refractivity contribution in [1.29, 1.82) is 0 Å². The molecule has 1 aromatic heterocycles. The van der Waals surface area contributed by atoms with E-state index in [1.807, 2.05) is 32.2 Å². The Bertz CT molecular complexity index is 522. The molecule has 0 bridgehead atoms. The zero-order valence-electron chi connectivity index (χ0n) is 12.3. The highest BCUT2D eigenvalue weighted by Crippen LogP contribution is 2.22. The Balaban J connectivity index is 2.25. The van der Waals surface area contributed by atoms with Gasteiger partial charge in [0.15, 0.2) is 0 Å². The van der Waals surface area contributed by atoms with Crippen LogP contribution in [-0.4, -0.2) is 23.1 Å². The summed E-state index contributed by atoms with van der Waals surface area (Å²) in [6.07, 6.45) is 3.63. The molecule has 0 saturated carbocycles. The van der Waals surface area contributed by atoms with E-state index in [0.29, 0.717) is 6.61 Å². The van der Waals surface area contributed by atoms with Gasteiger partial charge in [-0.25, -0.2) is 0 Å². The Morgan fingerprint density at radius 3 is 2.40 bits per heavy atom. The third-order valence-corrected chi connectivity index (χ3v) is 3.03. The largest absolute Gasteiger partial charge is 0.494 e. The highest BCUT2D eigenvalue weighted by Gasteiger charge is 2.14. The van der Waals surface area contributed by atoms with Gasteiger partial charge < -0.3 is 10.1 Å². The van der Waals surface area contributed by atoms with Crippen LogP contribution >= 0.6 is 0 Å². The van der Waals surface area contributed by atoms with Gasteiger partial charge in [0, 0.05) is 6.20 Å². The van der Waals surface area contributed by atoms with Crippen LogP contribution in [0.2, 0.25) is 0 Å². The van der Waals surface area contributed by atoms with Crippen molar-refractivity contribution in [3.8, 4) is 5.75 Å². The minimum Gasteiger partial charge on any atom is -0.494 e. The van der Waals surface area contributed by atoms with Crippen LogP contribution in [-0.2, 0) is 0 Å². The van der Waals surface area contributed by atoms with E-state index in [9.17, 15) is 0 Å². The van der Waals surface area contributed by atoms with Crippen LogP contribution in [0.25, 0.3) is 0 Å². The van der Waals surface area contributed by atoms with E-state index in [1.165, 1.54) is 0 Å². The average Bonchev–Trinajstić information content (AvgIpc) is 2.47. The molecule has 1 N–H and O–H groups in total. The van der Waals surface area contributed by atoms with Crippen LogP contribution in [0.5, 0.6) is 5.75 Å². The summed E-state index contributed by atoms with van der Waals surface area (Å²) in [6, 6.07) is 8.18. The van der Waals surface area contributed by atoms with Crippen LogP contribution in [0.4, 0.5) is 0 Å². The first-order chi connectivity index (χ1) is 9.74. The van der Waals surface area contributed by atoms with Crippen molar-refractivity contribution < 1.29 is 4.74 Å². The summed E-state index contributed by atoms with van der Waals surface area (Å²) in [4.78, 5) is 8.80. The predicted octanol–water partition coefficient (Wildman–Crippen LogP) is 2.88. The van der Waals surface area contributed by atoms with Crippen molar-refractivity contribution in [2.45, 2.75) is 26.8 Å². The van der Waals surface area contributed by atoms with Crippen molar-refractivity contribution in [3.63, 3.8) is 0 Å². The molecular formula is C16H21N3O. The van der Waals surface area contributed by atoms with Crippen LogP contribution < -0.4 is 10.1 Å². The molecule has 1 heterocycles. The van der Waals surface area contributed by atoms with Crippen molar-refractivity contribution in [1.82, 2.24) is 15.3 Å². The summed E-state index contributed by atoms with van der Waals surface area (Å²) < 4.78 is 5.47. The Morgan fingerprint density at radius 2 is 1.85 bits per heavy atom. The standard InChI is InChI=1S/C16H21N3O/c1-4-17-16(15-11-18-12(3)10-19-15)13-6-8-14(9-7-13)20-5-2/h6-11,16-17H,4-5H2,1-3H3. The zero-order chi connectivity index (χ0) is 14.4. The lowest BCUT2D eigenvalue weighted by Gasteiger charge is -2.18. The molecule has 2 rings (SSSR count). The molecule has 1 unspecified atom stereocenters. The third kappa shape index (κ3) is 3.54. The molecule has 0 saturated heterocycles. The third-order valence-electron chi connectivity index (χ3n) is 3.03. The van der Waals surface area contributed by atoms with Gasteiger partial charge in [-0.1, -0.05) is 19.1 Å². The molecule has 1 atom stereocenters. The number of nitrogens with one attached hydrogen (secondary N) is 1. The quantitative estimate of drug-likeness (QED) is 0.877. The molecule has 0 amide bonds. The topological polar surface area (TPSA) is 47.0 Å². The van der Waals surface area contributed by atoms with Crippen LogP contribution in [0.3, 0.4) is 0 Å². The first-order valence-electron chi connectivity index (χ1n) is 6.99. The van der Waals surface area contributed by atoms with E-state index in [0.717, 1.165) is 29.2 Å². The summed E-state index contributed by atoms with van der Waals surface area (Å²) in [5, 5.41) is 3.44. The molecule has 106 valence electrons. The fourth-order valence-electron chi connectivity index (χ4n) is 2.07. The second-order valence-corrected chi connectivity index (χ2v) is 4.58. The zero-order valence-corrected chi connectivity index (χ0v) is 12.3. The van der Waals surface area contributed by atoms with Crippen molar-refractivity contribution in [3.05, 3.63) is 53.6 Å². The predicted molar refractivity (Wildman–Crippen MR) is 79.9 cm³/mol. The van der Waals surface area contributed by atoms with Gasteiger partial charge in [-0.15, -0.1) is 0 Å². The van der Waals surface area contributed by atoms with Crippen LogP contribution in [0.1, 0.15) is 36.8 Å². The summed E-state index contributed by atoms with van der Waals surface area (Å²) >= 11 is 0. The molecular weight excluding hydrogens is 250 g/mol. The molecule has 0 aliphatic rings. The van der Waals surface area contributed by atoms with E-state index in [2.05, 4.69) is 34.3 Å². The smallest absolute Gasteiger partial charge is 0.119 e. The second-order valence-electron chi connectivity index (χ2n) is 4.58. The van der Waals surface area contributed by atoms with Gasteiger partial charge in [0.25, 0.3) is 0 Å². The molecule has 4 nitrogen and oxygen atoms in total. The first-order valence-corrected chi connectivity index (χ1v) is 6.99. The van der Waals surface area contributed by atoms with Crippen molar-refractivity contribution in [2.75, 3.05) is 13.2 Å². The average molecular weight is 271 g/mol. The molecule has 0 aliphatic carbocycles. The Labute approximate surface area is 120 Å². The van der Waals surface area contributed by atoms with Crippen LogP contribution in [0, 0.1) is 6.92 Å². The highest BCUT2D eigenvalue weighted by atomic mass is 16.5. The van der Waals surface area contributed by atoms with Gasteiger partial charge in [-0.2, -0.15) is 0 Å². The van der Waals surface area contributed by atoms with E-state index < -0.39 is 0 Å². The number of hydrogen-bond donors (Lipinski definition) is 1. The number of benzene rings is 1. The number of ether oxygens (including phenoxy) is 1. The van der Waals surface area contributed by atoms with E-state index in [1.54, 1.807) is 6.20 Å². The van der Waals surface area contributed by atoms with Crippen LogP contribution in [0.15, 0.2) is 36.7 Å². The summed E-state index contributed by atoms with van der Waals surface area (Å²) in [6.45, 7) is 7.56. The molecule has 2 aromatic rings. The fraction of sp³-hybridized carbons (Fsp3) is 0.375. The van der Waals surface area contributed by atoms with Crippen molar-refractivity contribution in [2.24, 2.45) is 0 Å². The maximum absolute atomic E-state index is 5.47. The molecule has 0 fully saturated rings. The number of aromatic nitrogens is 2. The molecule has 0 aliphatic heterocycles. The van der Waals surface area contributed by atoms with Gasteiger partial charge in [-0.05, 0) is 38.1 Å². The lowest BCUT2D eigenvalue weighted by Crippen LogP contribution is -2.23.